The van der Waals surface area contributed by atoms with Crippen molar-refractivity contribution in [2.45, 2.75) is 32.2 Å². The van der Waals surface area contributed by atoms with Gasteiger partial charge in [0.1, 0.15) is 5.75 Å². The number of fused-ring (bicyclic) bond motifs is 1. The van der Waals surface area contributed by atoms with Crippen LogP contribution in [0, 0.1) is 0 Å². The maximum atomic E-state index is 12.3. The standard InChI is InChI=1S/C18H23NO3/c1-4-18(2,12-20)19-17(21)10-14-7-5-6-13-8-9-15(22-3)11-16(13)14/h5-9,11,20H,4,10,12H2,1-3H3,(H,19,21). The lowest BCUT2D eigenvalue weighted by Gasteiger charge is -2.27. The van der Waals surface area contributed by atoms with Crippen LogP contribution in [0.4, 0.5) is 0 Å². The second-order valence-corrected chi connectivity index (χ2v) is 5.80. The van der Waals surface area contributed by atoms with Crippen LogP contribution in [-0.2, 0) is 11.2 Å². The number of hydrogen-bond donors (Lipinski definition) is 2. The van der Waals surface area contributed by atoms with E-state index in [1.807, 2.05) is 50.2 Å². The van der Waals surface area contributed by atoms with Gasteiger partial charge in [0, 0.05) is 0 Å². The zero-order valence-corrected chi connectivity index (χ0v) is 13.3. The summed E-state index contributed by atoms with van der Waals surface area (Å²) in [7, 11) is 1.63. The fourth-order valence-electron chi connectivity index (χ4n) is 2.39. The molecule has 2 aromatic carbocycles. The van der Waals surface area contributed by atoms with Gasteiger partial charge in [-0.3, -0.25) is 4.79 Å². The molecule has 1 amide bonds. The van der Waals surface area contributed by atoms with Crippen LogP contribution < -0.4 is 10.1 Å². The smallest absolute Gasteiger partial charge is 0.224 e. The summed E-state index contributed by atoms with van der Waals surface area (Å²) in [6, 6.07) is 11.8. The number of aliphatic hydroxyl groups excluding tert-OH is 1. The van der Waals surface area contributed by atoms with E-state index in [0.717, 1.165) is 22.1 Å². The molecule has 2 N–H and O–H groups in total. The highest BCUT2D eigenvalue weighted by Crippen LogP contribution is 2.24. The van der Waals surface area contributed by atoms with Crippen molar-refractivity contribution in [3.05, 3.63) is 42.0 Å². The number of amides is 1. The molecular formula is C18H23NO3. The van der Waals surface area contributed by atoms with Gasteiger partial charge in [-0.2, -0.15) is 0 Å². The number of methoxy groups -OCH3 is 1. The number of nitrogens with one attached hydrogen (secondary N) is 1. The molecule has 0 aliphatic carbocycles. The molecule has 0 aliphatic rings. The lowest BCUT2D eigenvalue weighted by atomic mass is 9.98. The lowest BCUT2D eigenvalue weighted by molar-refractivity contribution is -0.122. The predicted octanol–water partition coefficient (Wildman–Crippen LogP) is 2.67. The van der Waals surface area contributed by atoms with E-state index in [0.29, 0.717) is 6.42 Å². The van der Waals surface area contributed by atoms with Crippen molar-refractivity contribution in [1.82, 2.24) is 5.32 Å². The fourth-order valence-corrected chi connectivity index (χ4v) is 2.39. The van der Waals surface area contributed by atoms with Gasteiger partial charge in [-0.05, 0) is 41.8 Å². The largest absolute Gasteiger partial charge is 0.497 e. The third-order valence-corrected chi connectivity index (χ3v) is 4.10. The Morgan fingerprint density at radius 3 is 2.73 bits per heavy atom. The first-order valence-corrected chi connectivity index (χ1v) is 7.49. The number of benzene rings is 2. The third-order valence-electron chi connectivity index (χ3n) is 4.10. The minimum Gasteiger partial charge on any atom is -0.497 e. The Hall–Kier alpha value is -2.07. The number of carbonyl (C=O) groups excluding carboxylic acids is 1. The molecule has 0 radical (unpaired) electrons. The zero-order valence-electron chi connectivity index (χ0n) is 13.3. The predicted molar refractivity (Wildman–Crippen MR) is 88.1 cm³/mol. The molecule has 0 aliphatic heterocycles. The van der Waals surface area contributed by atoms with Gasteiger partial charge in [-0.1, -0.05) is 31.2 Å². The minimum atomic E-state index is -0.570. The molecule has 4 heteroatoms. The molecule has 0 heterocycles. The van der Waals surface area contributed by atoms with Gasteiger partial charge < -0.3 is 15.2 Å². The maximum absolute atomic E-state index is 12.3. The monoisotopic (exact) mass is 301 g/mol. The SMILES string of the molecule is CCC(C)(CO)NC(=O)Cc1cccc2ccc(OC)cc12. The summed E-state index contributed by atoms with van der Waals surface area (Å²) in [5.74, 6) is 0.683. The Morgan fingerprint density at radius 2 is 2.09 bits per heavy atom. The average molecular weight is 301 g/mol. The molecule has 0 bridgehead atoms. The minimum absolute atomic E-state index is 0.0708. The summed E-state index contributed by atoms with van der Waals surface area (Å²) in [6.45, 7) is 3.72. The van der Waals surface area contributed by atoms with Crippen molar-refractivity contribution >= 4 is 16.7 Å². The highest BCUT2D eigenvalue weighted by atomic mass is 16.5. The second-order valence-electron chi connectivity index (χ2n) is 5.80. The van der Waals surface area contributed by atoms with E-state index < -0.39 is 5.54 Å². The molecule has 0 saturated heterocycles. The first-order chi connectivity index (χ1) is 10.5. The van der Waals surface area contributed by atoms with E-state index in [-0.39, 0.29) is 18.9 Å². The van der Waals surface area contributed by atoms with Gasteiger partial charge in [0.25, 0.3) is 0 Å². The number of rotatable bonds is 6. The molecule has 0 fully saturated rings. The summed E-state index contributed by atoms with van der Waals surface area (Å²) < 4.78 is 5.26. The summed E-state index contributed by atoms with van der Waals surface area (Å²) in [5.41, 5.74) is 0.379. The van der Waals surface area contributed by atoms with Crippen molar-refractivity contribution in [2.75, 3.05) is 13.7 Å². The molecule has 2 aromatic rings. The molecule has 0 spiro atoms. The Kier molecular flexibility index (Phi) is 5.03. The van der Waals surface area contributed by atoms with Crippen molar-refractivity contribution in [2.24, 2.45) is 0 Å². The first kappa shape index (κ1) is 16.3. The van der Waals surface area contributed by atoms with Gasteiger partial charge in [0.15, 0.2) is 0 Å². The van der Waals surface area contributed by atoms with E-state index in [9.17, 15) is 9.90 Å². The Morgan fingerprint density at radius 1 is 1.32 bits per heavy atom. The van der Waals surface area contributed by atoms with Crippen LogP contribution in [0.1, 0.15) is 25.8 Å². The Bertz CT molecular complexity index is 662. The molecular weight excluding hydrogens is 278 g/mol. The number of ether oxygens (including phenoxy) is 1. The van der Waals surface area contributed by atoms with Crippen LogP contribution in [-0.4, -0.2) is 30.3 Å². The van der Waals surface area contributed by atoms with E-state index >= 15 is 0 Å². The maximum Gasteiger partial charge on any atom is 0.224 e. The molecule has 0 aromatic heterocycles. The number of aliphatic hydroxyl groups is 1. The average Bonchev–Trinajstić information content (AvgIpc) is 2.54. The van der Waals surface area contributed by atoms with E-state index in [4.69, 9.17) is 4.74 Å². The Labute approximate surface area is 131 Å². The van der Waals surface area contributed by atoms with Crippen LogP contribution in [0.5, 0.6) is 5.75 Å². The highest BCUT2D eigenvalue weighted by molar-refractivity contribution is 5.91. The van der Waals surface area contributed by atoms with Gasteiger partial charge in [-0.15, -0.1) is 0 Å². The number of hydrogen-bond acceptors (Lipinski definition) is 3. The van der Waals surface area contributed by atoms with E-state index in [1.165, 1.54) is 0 Å². The molecule has 4 nitrogen and oxygen atoms in total. The first-order valence-electron chi connectivity index (χ1n) is 7.49. The molecule has 0 saturated carbocycles. The van der Waals surface area contributed by atoms with Gasteiger partial charge in [0.2, 0.25) is 5.91 Å². The molecule has 22 heavy (non-hydrogen) atoms. The van der Waals surface area contributed by atoms with E-state index in [1.54, 1.807) is 7.11 Å². The van der Waals surface area contributed by atoms with Crippen molar-refractivity contribution in [1.29, 1.82) is 0 Å². The second kappa shape index (κ2) is 6.79. The fraction of sp³-hybridized carbons (Fsp3) is 0.389. The van der Waals surface area contributed by atoms with Crippen LogP contribution in [0.25, 0.3) is 10.8 Å². The molecule has 1 unspecified atom stereocenters. The normalized spacial score (nSPS) is 13.6. The van der Waals surface area contributed by atoms with E-state index in [2.05, 4.69) is 5.32 Å². The van der Waals surface area contributed by atoms with Crippen LogP contribution >= 0.6 is 0 Å². The van der Waals surface area contributed by atoms with Crippen molar-refractivity contribution in [3.63, 3.8) is 0 Å². The Balaban J connectivity index is 2.26. The quantitative estimate of drug-likeness (QED) is 0.862. The van der Waals surface area contributed by atoms with Crippen LogP contribution in [0.2, 0.25) is 0 Å². The van der Waals surface area contributed by atoms with Gasteiger partial charge in [0.05, 0.1) is 25.7 Å². The van der Waals surface area contributed by atoms with Gasteiger partial charge >= 0.3 is 0 Å². The summed E-state index contributed by atoms with van der Waals surface area (Å²) >= 11 is 0. The molecule has 2 rings (SSSR count). The lowest BCUT2D eigenvalue weighted by Crippen LogP contribution is -2.48. The summed E-state index contributed by atoms with van der Waals surface area (Å²) in [5, 5.41) is 14.4. The highest BCUT2D eigenvalue weighted by Gasteiger charge is 2.23. The summed E-state index contributed by atoms with van der Waals surface area (Å²) in [6.07, 6.45) is 0.957. The third kappa shape index (κ3) is 3.57. The van der Waals surface area contributed by atoms with Crippen LogP contribution in [0.3, 0.4) is 0 Å². The topological polar surface area (TPSA) is 58.6 Å². The van der Waals surface area contributed by atoms with Crippen molar-refractivity contribution in [3.8, 4) is 5.75 Å². The summed E-state index contributed by atoms with van der Waals surface area (Å²) in [4.78, 5) is 12.3. The van der Waals surface area contributed by atoms with Crippen LogP contribution in [0.15, 0.2) is 36.4 Å². The number of carbonyl (C=O) groups is 1. The van der Waals surface area contributed by atoms with Gasteiger partial charge in [-0.25, -0.2) is 0 Å². The molecule has 1 atom stereocenters. The van der Waals surface area contributed by atoms with Crippen molar-refractivity contribution < 1.29 is 14.6 Å². The molecule has 118 valence electrons. The zero-order chi connectivity index (χ0) is 16.2.